The first-order valence-electron chi connectivity index (χ1n) is 10.4. The molecule has 1 aliphatic heterocycles. The maximum absolute atomic E-state index is 14.0. The molecule has 0 saturated heterocycles. The second-order valence-electron chi connectivity index (χ2n) is 8.98. The van der Waals surface area contributed by atoms with E-state index >= 15 is 0 Å². The van der Waals surface area contributed by atoms with Crippen molar-refractivity contribution < 1.29 is 23.9 Å². The Bertz CT molecular complexity index is 1040. The number of carbonyl (C=O) groups is 4. The standard InChI is InChI=1S/C25H28N2O5/c1-16(28)21(17(2)29)25(26-23(31)32-24(3,4)5)19-13-9-10-14-20(19)27(22(25)30)15-18-11-7-6-8-12-18/h6-14,21H,15H2,1-5H3,(H,26,31)/t25-/m0/s1. The maximum atomic E-state index is 14.0. The van der Waals surface area contributed by atoms with Gasteiger partial charge in [-0.05, 0) is 46.2 Å². The lowest BCUT2D eigenvalue weighted by atomic mass is 9.74. The number of benzene rings is 2. The fraction of sp³-hybridized carbons (Fsp3) is 0.360. The van der Waals surface area contributed by atoms with E-state index in [9.17, 15) is 19.2 Å². The Balaban J connectivity index is 2.19. The number of amides is 2. The number of fused-ring (bicyclic) bond motifs is 1. The molecule has 3 rings (SSSR count). The molecule has 0 radical (unpaired) electrons. The van der Waals surface area contributed by atoms with Gasteiger partial charge in [-0.25, -0.2) is 4.79 Å². The van der Waals surface area contributed by atoms with Crippen molar-refractivity contribution in [1.82, 2.24) is 5.32 Å². The highest BCUT2D eigenvalue weighted by atomic mass is 16.6. The molecule has 0 saturated carbocycles. The van der Waals surface area contributed by atoms with Crippen molar-refractivity contribution in [1.29, 1.82) is 0 Å². The molecule has 0 fully saturated rings. The van der Waals surface area contributed by atoms with E-state index in [0.717, 1.165) is 5.56 Å². The van der Waals surface area contributed by atoms with E-state index in [1.165, 1.54) is 18.7 Å². The average molecular weight is 437 g/mol. The van der Waals surface area contributed by atoms with Crippen molar-refractivity contribution in [2.75, 3.05) is 4.90 Å². The zero-order chi connectivity index (χ0) is 23.7. The number of hydrogen-bond acceptors (Lipinski definition) is 5. The highest BCUT2D eigenvalue weighted by Gasteiger charge is 2.60. The quantitative estimate of drug-likeness (QED) is 0.697. The third kappa shape index (κ3) is 4.28. The average Bonchev–Trinajstić information content (AvgIpc) is 2.90. The lowest BCUT2D eigenvalue weighted by Crippen LogP contribution is -2.61. The summed E-state index contributed by atoms with van der Waals surface area (Å²) < 4.78 is 5.41. The fourth-order valence-electron chi connectivity index (χ4n) is 4.24. The van der Waals surface area contributed by atoms with Crippen molar-refractivity contribution in [3.63, 3.8) is 0 Å². The molecule has 0 spiro atoms. The van der Waals surface area contributed by atoms with E-state index < -0.39 is 40.6 Å². The predicted octanol–water partition coefficient (Wildman–Crippen LogP) is 3.75. The zero-order valence-electron chi connectivity index (χ0n) is 19.0. The van der Waals surface area contributed by atoms with Gasteiger partial charge in [0.25, 0.3) is 5.91 Å². The molecule has 2 aromatic rings. The molecule has 168 valence electrons. The molecule has 1 atom stereocenters. The summed E-state index contributed by atoms with van der Waals surface area (Å²) in [5, 5.41) is 2.64. The van der Waals surface area contributed by atoms with Gasteiger partial charge in [-0.1, -0.05) is 48.5 Å². The number of para-hydroxylation sites is 1. The van der Waals surface area contributed by atoms with Gasteiger partial charge >= 0.3 is 6.09 Å². The smallest absolute Gasteiger partial charge is 0.408 e. The maximum Gasteiger partial charge on any atom is 0.408 e. The van der Waals surface area contributed by atoms with Crippen LogP contribution in [0.3, 0.4) is 0 Å². The van der Waals surface area contributed by atoms with Crippen LogP contribution in [0.1, 0.15) is 45.7 Å². The Kier molecular flexibility index (Phi) is 6.21. The number of hydrogen-bond donors (Lipinski definition) is 1. The van der Waals surface area contributed by atoms with E-state index in [1.807, 2.05) is 30.3 Å². The fourth-order valence-corrected chi connectivity index (χ4v) is 4.24. The first-order valence-corrected chi connectivity index (χ1v) is 10.4. The normalized spacial score (nSPS) is 17.8. The van der Waals surface area contributed by atoms with Gasteiger partial charge in [0.2, 0.25) is 0 Å². The Labute approximate surface area is 187 Å². The van der Waals surface area contributed by atoms with E-state index in [-0.39, 0.29) is 6.54 Å². The van der Waals surface area contributed by atoms with Crippen LogP contribution in [0.4, 0.5) is 10.5 Å². The molecule has 0 aliphatic carbocycles. The summed E-state index contributed by atoms with van der Waals surface area (Å²) in [5.41, 5.74) is -0.943. The van der Waals surface area contributed by atoms with Crippen molar-refractivity contribution in [3.05, 3.63) is 65.7 Å². The summed E-state index contributed by atoms with van der Waals surface area (Å²) in [4.78, 5) is 53.7. The van der Waals surface area contributed by atoms with Gasteiger partial charge in [0.05, 0.1) is 12.2 Å². The lowest BCUT2D eigenvalue weighted by molar-refractivity contribution is -0.141. The predicted molar refractivity (Wildman–Crippen MR) is 120 cm³/mol. The topological polar surface area (TPSA) is 92.8 Å². The Morgan fingerprint density at radius 1 is 0.969 bits per heavy atom. The molecule has 0 aromatic heterocycles. The molecular formula is C25H28N2O5. The Morgan fingerprint density at radius 2 is 1.53 bits per heavy atom. The van der Waals surface area contributed by atoms with E-state index in [2.05, 4.69) is 5.32 Å². The number of nitrogens with one attached hydrogen (secondary N) is 1. The van der Waals surface area contributed by atoms with Gasteiger partial charge in [-0.3, -0.25) is 14.4 Å². The zero-order valence-corrected chi connectivity index (χ0v) is 19.0. The molecule has 1 N–H and O–H groups in total. The van der Waals surface area contributed by atoms with Gasteiger partial charge in [0.15, 0.2) is 5.54 Å². The molecule has 2 amide bonds. The number of carbonyl (C=O) groups excluding carboxylic acids is 4. The van der Waals surface area contributed by atoms with Crippen molar-refractivity contribution >= 4 is 29.3 Å². The van der Waals surface area contributed by atoms with Crippen LogP contribution < -0.4 is 10.2 Å². The number of ether oxygens (including phenoxy) is 1. The highest BCUT2D eigenvalue weighted by Crippen LogP contribution is 2.46. The summed E-state index contributed by atoms with van der Waals surface area (Å²) >= 11 is 0. The number of Topliss-reactive ketones (excluding diaryl/α,β-unsaturated/α-hetero) is 2. The molecule has 7 heteroatoms. The summed E-state index contributed by atoms with van der Waals surface area (Å²) in [6.45, 7) is 7.80. The third-order valence-electron chi connectivity index (χ3n) is 5.33. The van der Waals surface area contributed by atoms with Gasteiger partial charge in [0, 0.05) is 5.56 Å². The van der Waals surface area contributed by atoms with Gasteiger partial charge < -0.3 is 15.0 Å². The van der Waals surface area contributed by atoms with Gasteiger partial charge in [-0.15, -0.1) is 0 Å². The van der Waals surface area contributed by atoms with Crippen molar-refractivity contribution in [2.45, 2.75) is 52.3 Å². The molecule has 0 bridgehead atoms. The van der Waals surface area contributed by atoms with Crippen molar-refractivity contribution in [2.24, 2.45) is 5.92 Å². The number of nitrogens with zero attached hydrogens (tertiary/aromatic N) is 1. The highest BCUT2D eigenvalue weighted by molar-refractivity contribution is 6.16. The third-order valence-corrected chi connectivity index (χ3v) is 5.33. The van der Waals surface area contributed by atoms with Crippen LogP contribution in [0.25, 0.3) is 0 Å². The molecule has 2 aromatic carbocycles. The van der Waals surface area contributed by atoms with Gasteiger partial charge in [-0.2, -0.15) is 0 Å². The van der Waals surface area contributed by atoms with Crippen molar-refractivity contribution in [3.8, 4) is 0 Å². The Morgan fingerprint density at radius 3 is 2.09 bits per heavy atom. The first kappa shape index (κ1) is 23.2. The molecule has 1 aliphatic rings. The SMILES string of the molecule is CC(=O)C(C(C)=O)[C@]1(NC(=O)OC(C)(C)C)C(=O)N(Cc2ccccc2)c2ccccc21. The minimum Gasteiger partial charge on any atom is -0.444 e. The second-order valence-corrected chi connectivity index (χ2v) is 8.98. The van der Waals surface area contributed by atoms with E-state index in [0.29, 0.717) is 11.3 Å². The van der Waals surface area contributed by atoms with Crippen LogP contribution >= 0.6 is 0 Å². The van der Waals surface area contributed by atoms with Gasteiger partial charge in [0.1, 0.15) is 23.1 Å². The minimum absolute atomic E-state index is 0.219. The minimum atomic E-state index is -1.90. The number of rotatable bonds is 6. The van der Waals surface area contributed by atoms with E-state index in [1.54, 1.807) is 45.0 Å². The van der Waals surface area contributed by atoms with Crippen LogP contribution in [0.5, 0.6) is 0 Å². The van der Waals surface area contributed by atoms with Crippen LogP contribution in [-0.2, 0) is 31.2 Å². The summed E-state index contributed by atoms with van der Waals surface area (Å²) in [6.07, 6.45) is -0.880. The monoisotopic (exact) mass is 436 g/mol. The summed E-state index contributed by atoms with van der Waals surface area (Å²) in [6, 6.07) is 16.2. The van der Waals surface area contributed by atoms with Crippen LogP contribution in [0.15, 0.2) is 54.6 Å². The first-order chi connectivity index (χ1) is 15.0. The van der Waals surface area contributed by atoms with Crippen LogP contribution in [-0.4, -0.2) is 29.2 Å². The Hall–Kier alpha value is -3.48. The van der Waals surface area contributed by atoms with Crippen LogP contribution in [0, 0.1) is 5.92 Å². The van der Waals surface area contributed by atoms with E-state index in [4.69, 9.17) is 4.74 Å². The molecular weight excluding hydrogens is 408 g/mol. The summed E-state index contributed by atoms with van der Waals surface area (Å²) in [5.74, 6) is -2.98. The number of ketones is 2. The molecule has 1 heterocycles. The molecule has 7 nitrogen and oxygen atoms in total. The summed E-state index contributed by atoms with van der Waals surface area (Å²) in [7, 11) is 0. The molecule has 32 heavy (non-hydrogen) atoms. The van der Waals surface area contributed by atoms with Crippen LogP contribution in [0.2, 0.25) is 0 Å². The molecule has 0 unspecified atom stereocenters. The largest absolute Gasteiger partial charge is 0.444 e. The lowest BCUT2D eigenvalue weighted by Gasteiger charge is -2.35. The number of alkyl carbamates (subject to hydrolysis) is 1. The number of anilines is 1. The second kappa shape index (κ2) is 8.57.